The summed E-state index contributed by atoms with van der Waals surface area (Å²) in [5, 5.41) is 12.7. The quantitative estimate of drug-likeness (QED) is 0.684. The number of carbonyl (C=O) groups excluding carboxylic acids is 1. The third kappa shape index (κ3) is 4.81. The lowest BCUT2D eigenvalue weighted by Crippen LogP contribution is -2.34. The van der Waals surface area contributed by atoms with Crippen molar-refractivity contribution in [1.82, 2.24) is 15.5 Å². The van der Waals surface area contributed by atoms with Gasteiger partial charge in [-0.2, -0.15) is 5.10 Å². The summed E-state index contributed by atoms with van der Waals surface area (Å²) in [6.07, 6.45) is 2.16. The number of halogens is 1. The summed E-state index contributed by atoms with van der Waals surface area (Å²) in [4.78, 5) is 11.5. The summed E-state index contributed by atoms with van der Waals surface area (Å²) in [6, 6.07) is 6.10. The van der Waals surface area contributed by atoms with Gasteiger partial charge in [-0.1, -0.05) is 12.1 Å². The Morgan fingerprint density at radius 1 is 1.41 bits per heavy atom. The first kappa shape index (κ1) is 19.2. The Labute approximate surface area is 161 Å². The van der Waals surface area contributed by atoms with Crippen LogP contribution < -0.4 is 10.6 Å². The molecule has 9 heteroatoms. The summed E-state index contributed by atoms with van der Waals surface area (Å²) in [6.45, 7) is 2.62. The number of carbonyl (C=O) groups is 1. The normalized spacial score (nSPS) is 16.6. The molecule has 27 heavy (non-hydrogen) atoms. The van der Waals surface area contributed by atoms with Gasteiger partial charge < -0.3 is 14.8 Å². The highest BCUT2D eigenvalue weighted by Gasteiger charge is 2.25. The molecular formula is C18H21FN4O3S. The average Bonchev–Trinajstić information content (AvgIpc) is 3.06. The van der Waals surface area contributed by atoms with Crippen molar-refractivity contribution in [1.29, 1.82) is 0 Å². The molecule has 144 valence electrons. The molecule has 3 N–H and O–H groups in total. The number of amides is 1. The van der Waals surface area contributed by atoms with Crippen molar-refractivity contribution in [2.24, 2.45) is 0 Å². The zero-order chi connectivity index (χ0) is 19.2. The number of nitrogens with one attached hydrogen (secondary N) is 3. The summed E-state index contributed by atoms with van der Waals surface area (Å²) >= 11 is 5.15. The minimum Gasteiger partial charge on any atom is -0.450 e. The van der Waals surface area contributed by atoms with Gasteiger partial charge in [-0.05, 0) is 56.1 Å². The van der Waals surface area contributed by atoms with Gasteiger partial charge in [0.2, 0.25) is 0 Å². The lowest BCUT2D eigenvalue weighted by atomic mass is 9.98. The second-order valence-corrected chi connectivity index (χ2v) is 6.43. The first-order valence-electron chi connectivity index (χ1n) is 8.79. The third-order valence-electron chi connectivity index (χ3n) is 4.15. The molecule has 1 aromatic heterocycles. The fourth-order valence-electron chi connectivity index (χ4n) is 2.95. The number of hydrogen-bond donors (Lipinski definition) is 3. The number of thiocarbonyl (C=S) groups is 1. The van der Waals surface area contributed by atoms with Crippen LogP contribution in [-0.4, -0.2) is 34.6 Å². The maximum Gasteiger partial charge on any atom is 0.413 e. The highest BCUT2D eigenvalue weighted by Crippen LogP contribution is 2.37. The van der Waals surface area contributed by atoms with Crippen LogP contribution in [0.25, 0.3) is 11.1 Å². The van der Waals surface area contributed by atoms with Gasteiger partial charge in [0.25, 0.3) is 0 Å². The number of alkyl carbamates (subject to hydrolysis) is 1. The minimum absolute atomic E-state index is 0.0550. The smallest absolute Gasteiger partial charge is 0.413 e. The summed E-state index contributed by atoms with van der Waals surface area (Å²) in [7, 11) is 0. The topological polar surface area (TPSA) is 88.3 Å². The third-order valence-corrected chi connectivity index (χ3v) is 4.36. The van der Waals surface area contributed by atoms with Crippen LogP contribution in [0.4, 0.5) is 15.0 Å². The van der Waals surface area contributed by atoms with Crippen molar-refractivity contribution in [3.8, 4) is 11.1 Å². The van der Waals surface area contributed by atoms with E-state index in [4.69, 9.17) is 21.7 Å². The number of ether oxygens (including phenoxy) is 2. The monoisotopic (exact) mass is 392 g/mol. The summed E-state index contributed by atoms with van der Waals surface area (Å²) < 4.78 is 24.0. The average molecular weight is 392 g/mol. The van der Waals surface area contributed by atoms with Crippen molar-refractivity contribution in [3.63, 3.8) is 0 Å². The van der Waals surface area contributed by atoms with E-state index in [-0.39, 0.29) is 23.6 Å². The van der Waals surface area contributed by atoms with Gasteiger partial charge in [-0.25, -0.2) is 9.18 Å². The Hall–Kier alpha value is -2.52. The van der Waals surface area contributed by atoms with E-state index >= 15 is 0 Å². The molecule has 1 fully saturated rings. The fraction of sp³-hybridized carbons (Fsp3) is 0.389. The van der Waals surface area contributed by atoms with Gasteiger partial charge in [0.1, 0.15) is 5.82 Å². The van der Waals surface area contributed by atoms with Gasteiger partial charge in [0.15, 0.2) is 10.9 Å². The van der Waals surface area contributed by atoms with E-state index < -0.39 is 6.09 Å². The molecule has 7 nitrogen and oxygen atoms in total. The molecule has 2 heterocycles. The molecular weight excluding hydrogens is 371 g/mol. The molecule has 1 aliphatic rings. The second-order valence-electron chi connectivity index (χ2n) is 6.02. The zero-order valence-electron chi connectivity index (χ0n) is 14.9. The number of H-pyrrole nitrogens is 1. The number of nitrogens with zero attached hydrogens (tertiary/aromatic N) is 1. The van der Waals surface area contributed by atoms with E-state index in [1.54, 1.807) is 19.1 Å². The molecule has 0 aliphatic carbocycles. The molecule has 1 saturated heterocycles. The Bertz CT molecular complexity index is 803. The van der Waals surface area contributed by atoms with E-state index in [1.807, 2.05) is 0 Å². The van der Waals surface area contributed by atoms with Crippen molar-refractivity contribution >= 4 is 29.2 Å². The van der Waals surface area contributed by atoms with Crippen molar-refractivity contribution < 1.29 is 18.7 Å². The van der Waals surface area contributed by atoms with E-state index in [1.165, 1.54) is 12.1 Å². The Kier molecular flexibility index (Phi) is 6.36. The van der Waals surface area contributed by atoms with E-state index in [0.717, 1.165) is 36.1 Å². The van der Waals surface area contributed by atoms with Gasteiger partial charge in [-0.15, -0.1) is 0 Å². The van der Waals surface area contributed by atoms with Gasteiger partial charge in [0, 0.05) is 12.2 Å². The van der Waals surface area contributed by atoms with Crippen LogP contribution >= 0.6 is 12.2 Å². The van der Waals surface area contributed by atoms with E-state index in [9.17, 15) is 9.18 Å². The molecule has 3 rings (SSSR count). The lowest BCUT2D eigenvalue weighted by Gasteiger charge is -2.22. The predicted molar refractivity (Wildman–Crippen MR) is 103 cm³/mol. The SMILES string of the molecule is CCOC(=O)NC(=S)Nc1n[nH]c(C2CCCCO2)c1-c1ccc(F)cc1. The standard InChI is InChI=1S/C18H21FN4O3S/c1-2-25-18(24)21-17(27)20-16-14(11-6-8-12(19)9-7-11)15(22-23-16)13-5-3-4-10-26-13/h6-9,13H,2-5,10H2,1H3,(H3,20,21,22,23,24,27). The largest absolute Gasteiger partial charge is 0.450 e. The number of aromatic amines is 1. The number of aromatic nitrogens is 2. The first-order chi connectivity index (χ1) is 13.1. The van der Waals surface area contributed by atoms with Crippen LogP contribution in [0, 0.1) is 5.82 Å². The maximum absolute atomic E-state index is 13.4. The Morgan fingerprint density at radius 2 is 2.19 bits per heavy atom. The molecule has 1 amide bonds. The molecule has 0 bridgehead atoms. The molecule has 1 aromatic carbocycles. The second kappa shape index (κ2) is 8.92. The van der Waals surface area contributed by atoms with Crippen LogP contribution in [0.2, 0.25) is 0 Å². The molecule has 1 aliphatic heterocycles. The molecule has 0 saturated carbocycles. The van der Waals surface area contributed by atoms with Crippen molar-refractivity contribution in [3.05, 3.63) is 35.8 Å². The molecule has 2 aromatic rings. The van der Waals surface area contributed by atoms with Gasteiger partial charge in [0.05, 0.1) is 18.4 Å². The van der Waals surface area contributed by atoms with Crippen LogP contribution in [0.5, 0.6) is 0 Å². The van der Waals surface area contributed by atoms with Crippen LogP contribution in [-0.2, 0) is 9.47 Å². The molecule has 0 radical (unpaired) electrons. The Balaban J connectivity index is 1.88. The van der Waals surface area contributed by atoms with Gasteiger partial charge >= 0.3 is 6.09 Å². The molecule has 1 unspecified atom stereocenters. The number of rotatable bonds is 4. The summed E-state index contributed by atoms with van der Waals surface area (Å²) in [5.41, 5.74) is 2.29. The molecule has 0 spiro atoms. The first-order valence-corrected chi connectivity index (χ1v) is 9.20. The fourth-order valence-corrected chi connectivity index (χ4v) is 3.13. The molecule has 1 atom stereocenters. The number of hydrogen-bond acceptors (Lipinski definition) is 5. The summed E-state index contributed by atoms with van der Waals surface area (Å²) in [5.74, 6) is 0.0966. The lowest BCUT2D eigenvalue weighted by molar-refractivity contribution is 0.0126. The predicted octanol–water partition coefficient (Wildman–Crippen LogP) is 3.90. The van der Waals surface area contributed by atoms with Crippen LogP contribution in [0.1, 0.15) is 38.0 Å². The van der Waals surface area contributed by atoms with E-state index in [0.29, 0.717) is 12.4 Å². The van der Waals surface area contributed by atoms with Crippen LogP contribution in [0.15, 0.2) is 24.3 Å². The van der Waals surface area contributed by atoms with Crippen molar-refractivity contribution in [2.75, 3.05) is 18.5 Å². The van der Waals surface area contributed by atoms with Gasteiger partial charge in [-0.3, -0.25) is 10.4 Å². The number of benzene rings is 1. The number of anilines is 1. The zero-order valence-corrected chi connectivity index (χ0v) is 15.7. The minimum atomic E-state index is -0.648. The van der Waals surface area contributed by atoms with Crippen molar-refractivity contribution in [2.45, 2.75) is 32.3 Å². The highest BCUT2D eigenvalue weighted by atomic mass is 32.1. The van der Waals surface area contributed by atoms with E-state index in [2.05, 4.69) is 20.8 Å². The van der Waals surface area contributed by atoms with Crippen LogP contribution in [0.3, 0.4) is 0 Å². The Morgan fingerprint density at radius 3 is 2.85 bits per heavy atom. The highest BCUT2D eigenvalue weighted by molar-refractivity contribution is 7.80. The maximum atomic E-state index is 13.4.